The van der Waals surface area contributed by atoms with Crippen molar-refractivity contribution in [3.8, 4) is 0 Å². The van der Waals surface area contributed by atoms with E-state index in [1.54, 1.807) is 20.4 Å². The van der Waals surface area contributed by atoms with Gasteiger partial charge in [0.05, 0.1) is 6.61 Å². The van der Waals surface area contributed by atoms with Crippen LogP contribution in [0.15, 0.2) is 4.99 Å². The van der Waals surface area contributed by atoms with E-state index in [2.05, 4.69) is 42.2 Å². The van der Waals surface area contributed by atoms with E-state index in [0.29, 0.717) is 25.0 Å². The summed E-state index contributed by atoms with van der Waals surface area (Å²) in [5, 5.41) is 28.1. The van der Waals surface area contributed by atoms with Gasteiger partial charge < -0.3 is 58.7 Å². The molecule has 7 atom stereocenters. The molecule has 0 heterocycles. The summed E-state index contributed by atoms with van der Waals surface area (Å²) in [4.78, 5) is 110. The molecular formula is C39H71N11O9S. The molecule has 0 aromatic rings. The van der Waals surface area contributed by atoms with Crippen molar-refractivity contribution < 1.29 is 43.5 Å². The second-order valence-corrected chi connectivity index (χ2v) is 17.0. The van der Waals surface area contributed by atoms with Crippen molar-refractivity contribution in [3.63, 3.8) is 0 Å². The minimum absolute atomic E-state index is 0.0542. The number of hydrogen-bond donors (Lipinski definition) is 10. The van der Waals surface area contributed by atoms with Crippen LogP contribution >= 0.6 is 11.8 Å². The maximum Gasteiger partial charge on any atom is 0.245 e. The van der Waals surface area contributed by atoms with Crippen LogP contribution < -0.4 is 48.7 Å². The van der Waals surface area contributed by atoms with Crippen LogP contribution in [0.3, 0.4) is 0 Å². The van der Waals surface area contributed by atoms with E-state index in [9.17, 15) is 43.5 Å². The maximum absolute atomic E-state index is 13.6. The highest BCUT2D eigenvalue weighted by Gasteiger charge is 2.33. The Morgan fingerprint density at radius 3 is 1.65 bits per heavy atom. The molecule has 8 amide bonds. The molecule has 1 saturated carbocycles. The quantitative estimate of drug-likeness (QED) is 0.0266. The van der Waals surface area contributed by atoms with E-state index in [-0.39, 0.29) is 49.0 Å². The fourth-order valence-electron chi connectivity index (χ4n) is 6.61. The fourth-order valence-corrected chi connectivity index (χ4v) is 7.08. The number of nitrogens with zero attached hydrogens (tertiary/aromatic N) is 2. The lowest BCUT2D eigenvalue weighted by atomic mass is 9.84. The first kappa shape index (κ1) is 53.4. The predicted octanol–water partition coefficient (Wildman–Crippen LogP) is -1.66. The standard InChI is InChI=1S/C39H71N11O9S/c1-22(2)19-30(38(59)50(6)7)48-37(58)31(21-51)49-33(54)24(4)44-35(56)28(16-18-60-8)46-32(53)23(3)43-34(55)27(15-12-17-42-39(40)41)47-36(57)29(45-25(5)52)20-26-13-10-9-11-14-26/h22-24,26-31,51H,9-21H2,1-8H3,(H,43,55)(H,44,56)(H,45,52)(H,46,53)(H,47,57)(H,48,58)(H,49,54)(H4,40,41,42)/t23-,24-,27-,28-,29-,30-,31-/m0/s1. The Bertz CT molecular complexity index is 1470. The molecule has 0 aromatic heterocycles. The summed E-state index contributed by atoms with van der Waals surface area (Å²) >= 11 is 1.41. The molecule has 1 aliphatic rings. The summed E-state index contributed by atoms with van der Waals surface area (Å²) in [5.74, 6) is -4.39. The zero-order valence-electron chi connectivity index (χ0n) is 36.6. The molecule has 60 heavy (non-hydrogen) atoms. The Balaban J connectivity index is 3.05. The summed E-state index contributed by atoms with van der Waals surface area (Å²) in [6.45, 7) is 7.24. The third kappa shape index (κ3) is 20.5. The van der Waals surface area contributed by atoms with E-state index >= 15 is 0 Å². The molecule has 0 aromatic carbocycles. The van der Waals surface area contributed by atoms with Gasteiger partial charge in [-0.05, 0) is 69.8 Å². The number of thioether (sulfide) groups is 1. The van der Waals surface area contributed by atoms with Crippen molar-refractivity contribution in [3.05, 3.63) is 0 Å². The average Bonchev–Trinajstić information content (AvgIpc) is 3.18. The second kappa shape index (κ2) is 28.0. The van der Waals surface area contributed by atoms with Gasteiger partial charge in [0.25, 0.3) is 0 Å². The van der Waals surface area contributed by atoms with Gasteiger partial charge in [-0.2, -0.15) is 11.8 Å². The van der Waals surface area contributed by atoms with Gasteiger partial charge in [0.15, 0.2) is 5.96 Å². The number of amides is 8. The topological polar surface area (TPSA) is 309 Å². The smallest absolute Gasteiger partial charge is 0.245 e. The van der Waals surface area contributed by atoms with Gasteiger partial charge in [-0.3, -0.25) is 43.3 Å². The van der Waals surface area contributed by atoms with Gasteiger partial charge in [0.1, 0.15) is 42.3 Å². The normalized spacial score (nSPS) is 16.3. The minimum atomic E-state index is -1.42. The Kier molecular flexibility index (Phi) is 24.9. The summed E-state index contributed by atoms with van der Waals surface area (Å²) in [6.07, 6.45) is 8.16. The predicted molar refractivity (Wildman–Crippen MR) is 230 cm³/mol. The molecule has 1 fully saturated rings. The number of nitrogens with one attached hydrogen (secondary N) is 7. The number of aliphatic hydroxyl groups excluding tert-OH is 1. The van der Waals surface area contributed by atoms with Crippen LogP contribution in [-0.2, 0) is 38.4 Å². The number of carbonyl (C=O) groups excluding carboxylic acids is 8. The van der Waals surface area contributed by atoms with Gasteiger partial charge in [0.2, 0.25) is 47.3 Å². The third-order valence-corrected chi connectivity index (χ3v) is 10.5. The lowest BCUT2D eigenvalue weighted by molar-refractivity contribution is -0.137. The van der Waals surface area contributed by atoms with Crippen molar-refractivity contribution in [1.82, 2.24) is 42.1 Å². The van der Waals surface area contributed by atoms with Gasteiger partial charge >= 0.3 is 0 Å². The molecule has 12 N–H and O–H groups in total. The van der Waals surface area contributed by atoms with Crippen molar-refractivity contribution in [2.75, 3.05) is 39.3 Å². The summed E-state index contributed by atoms with van der Waals surface area (Å²) in [5.41, 5.74) is 10.9. The molecule has 0 radical (unpaired) electrons. The Morgan fingerprint density at radius 2 is 1.17 bits per heavy atom. The lowest BCUT2D eigenvalue weighted by Crippen LogP contribution is -2.59. The van der Waals surface area contributed by atoms with Gasteiger partial charge in [0, 0.05) is 27.6 Å². The molecule has 0 unspecified atom stereocenters. The largest absolute Gasteiger partial charge is 0.394 e. The molecule has 20 nitrogen and oxygen atoms in total. The maximum atomic E-state index is 13.6. The zero-order valence-corrected chi connectivity index (χ0v) is 37.4. The number of likely N-dealkylation sites (N-methyl/N-ethyl adjacent to an activating group) is 1. The number of aliphatic imine (C=N–C) groups is 1. The first-order valence-corrected chi connectivity index (χ1v) is 22.1. The van der Waals surface area contributed by atoms with Crippen molar-refractivity contribution in [2.45, 2.75) is 141 Å². The summed E-state index contributed by atoms with van der Waals surface area (Å²) in [7, 11) is 3.10. The fraction of sp³-hybridized carbons (Fsp3) is 0.769. The van der Waals surface area contributed by atoms with Crippen LogP contribution in [0.2, 0.25) is 0 Å². The van der Waals surface area contributed by atoms with Crippen LogP contribution in [0.1, 0.15) is 98.8 Å². The van der Waals surface area contributed by atoms with Gasteiger partial charge in [-0.15, -0.1) is 0 Å². The van der Waals surface area contributed by atoms with Crippen LogP contribution in [0.25, 0.3) is 0 Å². The molecule has 0 aliphatic heterocycles. The number of aliphatic hydroxyl groups is 1. The first-order chi connectivity index (χ1) is 28.2. The van der Waals surface area contributed by atoms with Crippen LogP contribution in [0.4, 0.5) is 0 Å². The SMILES string of the molecule is CSCC[C@H](NC(=O)[C@H](C)NC(=O)[C@H](CCCN=C(N)N)NC(=O)[C@H](CC1CCCCC1)NC(C)=O)C(=O)N[C@@H](C)C(=O)N[C@@H](CO)C(=O)N[C@@H](CC(C)C)C(=O)N(C)C. The molecular weight excluding hydrogens is 799 g/mol. The Morgan fingerprint density at radius 1 is 0.683 bits per heavy atom. The molecule has 0 bridgehead atoms. The molecule has 1 aliphatic carbocycles. The molecule has 21 heteroatoms. The Hall–Kier alpha value is -4.66. The van der Waals surface area contributed by atoms with Crippen LogP contribution in [-0.4, -0.2) is 145 Å². The molecule has 0 saturated heterocycles. The van der Waals surface area contributed by atoms with Crippen molar-refractivity contribution >= 4 is 65.0 Å². The monoisotopic (exact) mass is 870 g/mol. The molecule has 1 rings (SSSR count). The lowest BCUT2D eigenvalue weighted by Gasteiger charge is -2.28. The van der Waals surface area contributed by atoms with Crippen molar-refractivity contribution in [2.24, 2.45) is 28.3 Å². The highest BCUT2D eigenvalue weighted by atomic mass is 32.2. The van der Waals surface area contributed by atoms with Crippen LogP contribution in [0, 0.1) is 11.8 Å². The van der Waals surface area contributed by atoms with E-state index in [1.807, 2.05) is 13.8 Å². The number of hydrogen-bond acceptors (Lipinski definition) is 11. The summed E-state index contributed by atoms with van der Waals surface area (Å²) < 4.78 is 0. The number of carbonyl (C=O) groups is 8. The minimum Gasteiger partial charge on any atom is -0.394 e. The van der Waals surface area contributed by atoms with E-state index in [4.69, 9.17) is 11.5 Å². The average molecular weight is 870 g/mol. The number of rotatable bonds is 26. The highest BCUT2D eigenvalue weighted by Crippen LogP contribution is 2.27. The highest BCUT2D eigenvalue weighted by molar-refractivity contribution is 7.98. The van der Waals surface area contributed by atoms with Crippen LogP contribution in [0.5, 0.6) is 0 Å². The third-order valence-electron chi connectivity index (χ3n) is 9.89. The van der Waals surface area contributed by atoms with E-state index in [0.717, 1.165) is 32.1 Å². The van der Waals surface area contributed by atoms with E-state index < -0.39 is 84.3 Å². The van der Waals surface area contributed by atoms with Gasteiger partial charge in [-0.25, -0.2) is 0 Å². The molecule has 342 valence electrons. The number of guanidine groups is 1. The summed E-state index contributed by atoms with van der Waals surface area (Å²) in [6, 6.07) is -7.85. The Labute approximate surface area is 358 Å². The second-order valence-electron chi connectivity index (χ2n) is 16.0. The van der Waals surface area contributed by atoms with Gasteiger partial charge in [-0.1, -0.05) is 46.0 Å². The van der Waals surface area contributed by atoms with E-state index in [1.165, 1.54) is 37.4 Å². The zero-order chi connectivity index (χ0) is 45.5. The number of nitrogens with two attached hydrogens (primary N) is 2. The first-order valence-electron chi connectivity index (χ1n) is 20.7. The van der Waals surface area contributed by atoms with Crippen molar-refractivity contribution in [1.29, 1.82) is 0 Å². The molecule has 0 spiro atoms.